The van der Waals surface area contributed by atoms with Crippen LogP contribution in [0.2, 0.25) is 0 Å². The number of rotatable bonds is 9. The SMILES string of the molecule is CN=C(NCCc1ccc(OCC(=O)NC2CC2)cc1)NC1CCN(c2ccccc2)C1. The van der Waals surface area contributed by atoms with Crippen LogP contribution in [0.25, 0.3) is 0 Å². The first-order valence-corrected chi connectivity index (χ1v) is 11.5. The molecular weight excluding hydrogens is 402 g/mol. The lowest BCUT2D eigenvalue weighted by Crippen LogP contribution is -2.45. The molecule has 1 saturated carbocycles. The van der Waals surface area contributed by atoms with Gasteiger partial charge in [-0.25, -0.2) is 0 Å². The van der Waals surface area contributed by atoms with E-state index in [0.29, 0.717) is 17.8 Å². The molecule has 7 nitrogen and oxygen atoms in total. The summed E-state index contributed by atoms with van der Waals surface area (Å²) in [5.74, 6) is 1.51. The number of benzene rings is 2. The molecule has 170 valence electrons. The Morgan fingerprint density at radius 1 is 1.03 bits per heavy atom. The van der Waals surface area contributed by atoms with E-state index in [2.05, 4.69) is 56.2 Å². The van der Waals surface area contributed by atoms with Crippen molar-refractivity contribution in [2.45, 2.75) is 37.8 Å². The predicted octanol–water partition coefficient (Wildman–Crippen LogP) is 2.33. The van der Waals surface area contributed by atoms with Gasteiger partial charge >= 0.3 is 0 Å². The van der Waals surface area contributed by atoms with Gasteiger partial charge in [0.25, 0.3) is 5.91 Å². The predicted molar refractivity (Wildman–Crippen MR) is 128 cm³/mol. The number of hydrogen-bond donors (Lipinski definition) is 3. The van der Waals surface area contributed by atoms with E-state index in [1.807, 2.05) is 31.3 Å². The number of anilines is 1. The fraction of sp³-hybridized carbons (Fsp3) is 0.440. The Morgan fingerprint density at radius 2 is 1.81 bits per heavy atom. The molecule has 0 aromatic heterocycles. The van der Waals surface area contributed by atoms with Crippen LogP contribution in [0.15, 0.2) is 59.6 Å². The quantitative estimate of drug-likeness (QED) is 0.416. The highest BCUT2D eigenvalue weighted by atomic mass is 16.5. The number of carbonyl (C=O) groups excluding carboxylic acids is 1. The fourth-order valence-corrected chi connectivity index (χ4v) is 3.86. The van der Waals surface area contributed by atoms with Crippen molar-refractivity contribution in [3.8, 4) is 5.75 Å². The minimum atomic E-state index is -0.0474. The molecule has 1 atom stereocenters. The standard InChI is InChI=1S/C25H33N5O2/c1-26-25(29-21-14-16-30(17-21)22-5-3-2-4-6-22)27-15-13-19-7-11-23(12-8-19)32-18-24(31)28-20-9-10-20/h2-8,11-12,20-21H,9-10,13-18H2,1H3,(H,28,31)(H2,26,27,29). The molecule has 2 aromatic carbocycles. The van der Waals surface area contributed by atoms with Crippen LogP contribution < -0.4 is 25.6 Å². The number of carbonyl (C=O) groups is 1. The molecule has 2 aromatic rings. The summed E-state index contributed by atoms with van der Waals surface area (Å²) >= 11 is 0. The van der Waals surface area contributed by atoms with E-state index in [-0.39, 0.29) is 12.5 Å². The molecule has 2 fully saturated rings. The lowest BCUT2D eigenvalue weighted by atomic mass is 10.1. The van der Waals surface area contributed by atoms with Crippen molar-refractivity contribution in [1.82, 2.24) is 16.0 Å². The molecule has 0 radical (unpaired) electrons. The number of para-hydroxylation sites is 1. The van der Waals surface area contributed by atoms with Crippen LogP contribution in [0.5, 0.6) is 5.75 Å². The summed E-state index contributed by atoms with van der Waals surface area (Å²) in [6, 6.07) is 19.2. The molecule has 1 saturated heterocycles. The van der Waals surface area contributed by atoms with Gasteiger partial charge in [-0.2, -0.15) is 0 Å². The van der Waals surface area contributed by atoms with Crippen molar-refractivity contribution >= 4 is 17.6 Å². The first-order valence-electron chi connectivity index (χ1n) is 11.5. The van der Waals surface area contributed by atoms with Gasteiger partial charge in [-0.15, -0.1) is 0 Å². The largest absolute Gasteiger partial charge is 0.484 e. The lowest BCUT2D eigenvalue weighted by molar-refractivity contribution is -0.123. The second-order valence-corrected chi connectivity index (χ2v) is 8.43. The second-order valence-electron chi connectivity index (χ2n) is 8.43. The number of amides is 1. The Bertz CT molecular complexity index is 896. The summed E-state index contributed by atoms with van der Waals surface area (Å²) in [5, 5.41) is 9.88. The number of guanidine groups is 1. The van der Waals surface area contributed by atoms with Crippen LogP contribution in [-0.2, 0) is 11.2 Å². The molecule has 1 heterocycles. The molecule has 0 spiro atoms. The molecule has 0 bridgehead atoms. The van der Waals surface area contributed by atoms with E-state index < -0.39 is 0 Å². The highest BCUT2D eigenvalue weighted by Crippen LogP contribution is 2.20. The molecule has 4 rings (SSSR count). The fourth-order valence-electron chi connectivity index (χ4n) is 3.86. The lowest BCUT2D eigenvalue weighted by Gasteiger charge is -2.20. The molecule has 2 aliphatic rings. The zero-order valence-corrected chi connectivity index (χ0v) is 18.7. The molecule has 32 heavy (non-hydrogen) atoms. The van der Waals surface area contributed by atoms with Gasteiger partial charge < -0.3 is 25.6 Å². The van der Waals surface area contributed by atoms with Crippen molar-refractivity contribution < 1.29 is 9.53 Å². The van der Waals surface area contributed by atoms with Gasteiger partial charge in [-0.1, -0.05) is 30.3 Å². The highest BCUT2D eigenvalue weighted by Gasteiger charge is 2.24. The third-order valence-corrected chi connectivity index (χ3v) is 5.82. The summed E-state index contributed by atoms with van der Waals surface area (Å²) in [5.41, 5.74) is 2.48. The van der Waals surface area contributed by atoms with Gasteiger partial charge in [0.05, 0.1) is 0 Å². The zero-order valence-electron chi connectivity index (χ0n) is 18.7. The van der Waals surface area contributed by atoms with E-state index in [1.165, 1.54) is 11.3 Å². The maximum Gasteiger partial charge on any atom is 0.258 e. The number of nitrogens with one attached hydrogen (secondary N) is 3. The Hall–Kier alpha value is -3.22. The van der Waals surface area contributed by atoms with Gasteiger partial charge in [-0.3, -0.25) is 9.79 Å². The van der Waals surface area contributed by atoms with Crippen molar-refractivity contribution in [3.63, 3.8) is 0 Å². The number of ether oxygens (including phenoxy) is 1. The average Bonchev–Trinajstić information content (AvgIpc) is 3.52. The van der Waals surface area contributed by atoms with Crippen LogP contribution in [0.4, 0.5) is 5.69 Å². The zero-order chi connectivity index (χ0) is 22.2. The summed E-state index contributed by atoms with van der Waals surface area (Å²) < 4.78 is 5.57. The molecule has 1 unspecified atom stereocenters. The summed E-state index contributed by atoms with van der Waals surface area (Å²) in [7, 11) is 1.81. The van der Waals surface area contributed by atoms with Crippen molar-refractivity contribution in [3.05, 3.63) is 60.2 Å². The Labute approximate surface area is 190 Å². The van der Waals surface area contributed by atoms with E-state index in [4.69, 9.17) is 4.74 Å². The molecule has 1 amide bonds. The average molecular weight is 436 g/mol. The maximum atomic E-state index is 11.7. The van der Waals surface area contributed by atoms with Gasteiger partial charge in [0.15, 0.2) is 12.6 Å². The third-order valence-electron chi connectivity index (χ3n) is 5.82. The first kappa shape index (κ1) is 22.0. The van der Waals surface area contributed by atoms with Crippen LogP contribution in [0.1, 0.15) is 24.8 Å². The van der Waals surface area contributed by atoms with Gasteiger partial charge in [0.1, 0.15) is 5.75 Å². The van der Waals surface area contributed by atoms with Gasteiger partial charge in [0.2, 0.25) is 0 Å². The molecule has 3 N–H and O–H groups in total. The van der Waals surface area contributed by atoms with Crippen molar-refractivity contribution in [2.24, 2.45) is 4.99 Å². The third kappa shape index (κ3) is 6.64. The van der Waals surface area contributed by atoms with Gasteiger partial charge in [-0.05, 0) is 55.5 Å². The minimum absolute atomic E-state index is 0.0474. The minimum Gasteiger partial charge on any atom is -0.484 e. The maximum absolute atomic E-state index is 11.7. The van der Waals surface area contributed by atoms with E-state index >= 15 is 0 Å². The smallest absolute Gasteiger partial charge is 0.258 e. The van der Waals surface area contributed by atoms with Gasteiger partial charge in [0, 0.05) is 44.5 Å². The number of hydrogen-bond acceptors (Lipinski definition) is 4. The van der Waals surface area contributed by atoms with E-state index in [1.54, 1.807) is 0 Å². The number of aliphatic imine (C=N–C) groups is 1. The Kier molecular flexibility index (Phi) is 7.48. The number of nitrogens with zero attached hydrogens (tertiary/aromatic N) is 2. The van der Waals surface area contributed by atoms with Crippen LogP contribution in [-0.4, -0.2) is 57.2 Å². The monoisotopic (exact) mass is 435 g/mol. The van der Waals surface area contributed by atoms with E-state index in [9.17, 15) is 4.79 Å². The van der Waals surface area contributed by atoms with Crippen LogP contribution in [0, 0.1) is 0 Å². The Balaban J connectivity index is 1.15. The van der Waals surface area contributed by atoms with E-state index in [0.717, 1.165) is 51.3 Å². The van der Waals surface area contributed by atoms with Crippen LogP contribution in [0.3, 0.4) is 0 Å². The molecule has 7 heteroatoms. The normalized spacial score (nSPS) is 18.3. The summed E-state index contributed by atoms with van der Waals surface area (Å²) in [6.07, 6.45) is 4.14. The van der Waals surface area contributed by atoms with Crippen molar-refractivity contribution in [2.75, 3.05) is 38.2 Å². The topological polar surface area (TPSA) is 78.0 Å². The van der Waals surface area contributed by atoms with Crippen LogP contribution >= 0.6 is 0 Å². The molecule has 1 aliphatic carbocycles. The highest BCUT2D eigenvalue weighted by molar-refractivity contribution is 5.80. The first-order chi connectivity index (χ1) is 15.7. The second kappa shape index (κ2) is 10.9. The summed E-state index contributed by atoms with van der Waals surface area (Å²) in [6.45, 7) is 2.89. The molecule has 1 aliphatic heterocycles. The Morgan fingerprint density at radius 3 is 2.53 bits per heavy atom. The molecular formula is C25H33N5O2. The van der Waals surface area contributed by atoms with Crippen molar-refractivity contribution in [1.29, 1.82) is 0 Å². The summed E-state index contributed by atoms with van der Waals surface area (Å²) in [4.78, 5) is 18.5.